The van der Waals surface area contributed by atoms with E-state index in [1.165, 1.54) is 42.5 Å². The highest BCUT2D eigenvalue weighted by molar-refractivity contribution is 6.53. The molecule has 1 aliphatic rings. The molecule has 0 aliphatic carbocycles. The fourth-order valence-corrected chi connectivity index (χ4v) is 3.80. The van der Waals surface area contributed by atoms with Crippen molar-refractivity contribution in [3.05, 3.63) is 99.7 Å². The summed E-state index contributed by atoms with van der Waals surface area (Å²) in [4.78, 5) is 51.1. The number of esters is 2. The molecule has 0 fully saturated rings. The van der Waals surface area contributed by atoms with Gasteiger partial charge in [-0.25, -0.2) is 14.5 Å². The first-order valence-electron chi connectivity index (χ1n) is 11.1. The van der Waals surface area contributed by atoms with Crippen LogP contribution < -0.4 is 15.0 Å². The highest BCUT2D eigenvalue weighted by Crippen LogP contribution is 2.30. The molecule has 10 heteroatoms. The number of anilines is 2. The number of benzene rings is 3. The number of rotatable bonds is 7. The SMILES string of the molecule is CC(C)OC(=O)c1ccc(N2C(=O)C(Cl)=C(Nc3ccc(C(=O)Oc4cccc(Cl)c4)cc3)C2=O)cc1. The number of ether oxygens (including phenoxy) is 2. The summed E-state index contributed by atoms with van der Waals surface area (Å²) in [6.45, 7) is 3.46. The van der Waals surface area contributed by atoms with Crippen LogP contribution in [0, 0.1) is 0 Å². The van der Waals surface area contributed by atoms with Crippen LogP contribution in [-0.4, -0.2) is 29.9 Å². The minimum Gasteiger partial charge on any atom is -0.459 e. The van der Waals surface area contributed by atoms with Gasteiger partial charge in [-0.2, -0.15) is 0 Å². The minimum absolute atomic E-state index is 0.121. The van der Waals surface area contributed by atoms with Crippen molar-refractivity contribution in [3.63, 3.8) is 0 Å². The van der Waals surface area contributed by atoms with Crippen LogP contribution >= 0.6 is 23.2 Å². The lowest BCUT2D eigenvalue weighted by Crippen LogP contribution is -2.32. The summed E-state index contributed by atoms with van der Waals surface area (Å²) in [5, 5.41) is 2.98. The molecular weight excluding hydrogens is 519 g/mol. The molecule has 4 rings (SSSR count). The van der Waals surface area contributed by atoms with Gasteiger partial charge in [0, 0.05) is 10.7 Å². The third-order valence-electron chi connectivity index (χ3n) is 5.13. The number of halogens is 2. The lowest BCUT2D eigenvalue weighted by Gasteiger charge is -2.16. The first-order chi connectivity index (χ1) is 17.6. The molecule has 1 N–H and O–H groups in total. The molecule has 3 aromatic rings. The number of carbonyl (C=O) groups is 4. The van der Waals surface area contributed by atoms with Crippen LogP contribution in [0.1, 0.15) is 34.6 Å². The molecule has 8 nitrogen and oxygen atoms in total. The second kappa shape index (κ2) is 10.9. The predicted octanol–water partition coefficient (Wildman–Crippen LogP) is 5.56. The van der Waals surface area contributed by atoms with E-state index in [2.05, 4.69) is 5.32 Å². The van der Waals surface area contributed by atoms with Gasteiger partial charge in [0.2, 0.25) is 0 Å². The summed E-state index contributed by atoms with van der Waals surface area (Å²) in [5.74, 6) is -2.19. The Hall–Kier alpha value is -4.14. The molecule has 3 aromatic carbocycles. The summed E-state index contributed by atoms with van der Waals surface area (Å²) in [6, 6.07) is 18.4. The fourth-order valence-electron chi connectivity index (χ4n) is 3.40. The number of hydrogen-bond donors (Lipinski definition) is 1. The van der Waals surface area contributed by atoms with Crippen molar-refractivity contribution in [3.8, 4) is 5.75 Å². The third kappa shape index (κ3) is 5.82. The van der Waals surface area contributed by atoms with Gasteiger partial charge in [-0.15, -0.1) is 0 Å². The van der Waals surface area contributed by atoms with Gasteiger partial charge in [0.25, 0.3) is 11.8 Å². The molecular formula is C27H20Cl2N2O6. The Balaban J connectivity index is 1.45. The van der Waals surface area contributed by atoms with Crippen molar-refractivity contribution in [2.75, 3.05) is 10.2 Å². The van der Waals surface area contributed by atoms with E-state index in [0.29, 0.717) is 16.5 Å². The second-order valence-corrected chi connectivity index (χ2v) is 9.00. The number of nitrogens with zero attached hydrogens (tertiary/aromatic N) is 1. The van der Waals surface area contributed by atoms with Crippen LogP contribution in [-0.2, 0) is 14.3 Å². The molecule has 0 saturated carbocycles. The van der Waals surface area contributed by atoms with Crippen molar-refractivity contribution in [2.24, 2.45) is 0 Å². The zero-order valence-electron chi connectivity index (χ0n) is 19.7. The summed E-state index contributed by atoms with van der Waals surface area (Å²) < 4.78 is 10.4. The molecule has 1 heterocycles. The van der Waals surface area contributed by atoms with Crippen LogP contribution in [0.3, 0.4) is 0 Å². The van der Waals surface area contributed by atoms with Crippen molar-refractivity contribution in [1.29, 1.82) is 0 Å². The van der Waals surface area contributed by atoms with E-state index in [-0.39, 0.29) is 33.6 Å². The van der Waals surface area contributed by atoms with Gasteiger partial charge >= 0.3 is 11.9 Å². The Morgan fingerprint density at radius 1 is 0.838 bits per heavy atom. The van der Waals surface area contributed by atoms with E-state index in [9.17, 15) is 19.2 Å². The first kappa shape index (κ1) is 25.9. The van der Waals surface area contributed by atoms with E-state index in [1.54, 1.807) is 44.2 Å². The molecule has 188 valence electrons. The second-order valence-electron chi connectivity index (χ2n) is 8.18. The summed E-state index contributed by atoms with van der Waals surface area (Å²) >= 11 is 12.1. The lowest BCUT2D eigenvalue weighted by atomic mass is 10.2. The Morgan fingerprint density at radius 3 is 2.08 bits per heavy atom. The average molecular weight is 539 g/mol. The smallest absolute Gasteiger partial charge is 0.343 e. The molecule has 0 aromatic heterocycles. The van der Waals surface area contributed by atoms with E-state index in [4.69, 9.17) is 32.7 Å². The number of amides is 2. The zero-order valence-corrected chi connectivity index (χ0v) is 21.2. The fraction of sp³-hybridized carbons (Fsp3) is 0.111. The van der Waals surface area contributed by atoms with Crippen LogP contribution in [0.15, 0.2) is 83.5 Å². The molecule has 37 heavy (non-hydrogen) atoms. The lowest BCUT2D eigenvalue weighted by molar-refractivity contribution is -0.120. The minimum atomic E-state index is -0.714. The maximum atomic E-state index is 13.0. The highest BCUT2D eigenvalue weighted by atomic mass is 35.5. The average Bonchev–Trinajstić information content (AvgIpc) is 3.07. The molecule has 1 aliphatic heterocycles. The number of nitrogens with one attached hydrogen (secondary N) is 1. The summed E-state index contributed by atoms with van der Waals surface area (Å²) in [6.07, 6.45) is -0.284. The highest BCUT2D eigenvalue weighted by Gasteiger charge is 2.39. The molecule has 0 bridgehead atoms. The van der Waals surface area contributed by atoms with Crippen LogP contribution in [0.4, 0.5) is 11.4 Å². The predicted molar refractivity (Wildman–Crippen MR) is 139 cm³/mol. The largest absolute Gasteiger partial charge is 0.459 e. The molecule has 2 amide bonds. The number of hydrogen-bond acceptors (Lipinski definition) is 7. The Morgan fingerprint density at radius 2 is 1.46 bits per heavy atom. The topological polar surface area (TPSA) is 102 Å². The van der Waals surface area contributed by atoms with Crippen LogP contribution in [0.25, 0.3) is 0 Å². The number of imide groups is 1. The first-order valence-corrected chi connectivity index (χ1v) is 11.8. The Labute approximate surface area is 222 Å². The van der Waals surface area contributed by atoms with E-state index >= 15 is 0 Å². The van der Waals surface area contributed by atoms with E-state index in [1.807, 2.05) is 0 Å². The quantitative estimate of drug-likeness (QED) is 0.238. The van der Waals surface area contributed by atoms with Gasteiger partial charge in [-0.1, -0.05) is 29.3 Å². The van der Waals surface area contributed by atoms with Crippen LogP contribution in [0.5, 0.6) is 5.75 Å². The molecule has 0 atom stereocenters. The molecule has 0 saturated heterocycles. The van der Waals surface area contributed by atoms with E-state index < -0.39 is 23.8 Å². The van der Waals surface area contributed by atoms with Gasteiger partial charge in [0.05, 0.1) is 22.9 Å². The molecule has 0 radical (unpaired) electrons. The Kier molecular flexibility index (Phi) is 7.61. The maximum Gasteiger partial charge on any atom is 0.343 e. The molecule has 0 unspecified atom stereocenters. The van der Waals surface area contributed by atoms with Gasteiger partial charge < -0.3 is 14.8 Å². The number of carbonyl (C=O) groups excluding carboxylic acids is 4. The van der Waals surface area contributed by atoms with Gasteiger partial charge in [0.1, 0.15) is 16.5 Å². The third-order valence-corrected chi connectivity index (χ3v) is 5.71. The Bertz CT molecular complexity index is 1420. The zero-order chi connectivity index (χ0) is 26.7. The summed E-state index contributed by atoms with van der Waals surface area (Å²) in [5.41, 5.74) is 1.08. The normalized spacial score (nSPS) is 13.3. The van der Waals surface area contributed by atoms with Gasteiger partial charge in [-0.05, 0) is 80.6 Å². The maximum absolute atomic E-state index is 13.0. The molecule has 0 spiro atoms. The monoisotopic (exact) mass is 538 g/mol. The summed E-state index contributed by atoms with van der Waals surface area (Å²) in [7, 11) is 0. The van der Waals surface area contributed by atoms with Gasteiger partial charge in [0.15, 0.2) is 0 Å². The van der Waals surface area contributed by atoms with Crippen molar-refractivity contribution in [2.45, 2.75) is 20.0 Å². The van der Waals surface area contributed by atoms with E-state index in [0.717, 1.165) is 4.90 Å². The van der Waals surface area contributed by atoms with Gasteiger partial charge in [-0.3, -0.25) is 9.59 Å². The van der Waals surface area contributed by atoms with Crippen molar-refractivity contribution >= 4 is 58.3 Å². The van der Waals surface area contributed by atoms with Crippen molar-refractivity contribution in [1.82, 2.24) is 0 Å². The van der Waals surface area contributed by atoms with Crippen LogP contribution in [0.2, 0.25) is 5.02 Å². The standard InChI is InChI=1S/C27H20Cl2N2O6/c1-15(2)36-26(34)17-8-12-20(13-9-17)31-24(32)22(29)23(25(31)33)30-19-10-6-16(7-11-19)27(35)37-21-5-3-4-18(28)14-21/h3-15,30H,1-2H3. The van der Waals surface area contributed by atoms with Crippen molar-refractivity contribution < 1.29 is 28.7 Å².